The van der Waals surface area contributed by atoms with Gasteiger partial charge in [-0.05, 0) is 38.3 Å². The van der Waals surface area contributed by atoms with Crippen LogP contribution in [-0.2, 0) is 14.3 Å². The lowest BCUT2D eigenvalue weighted by Crippen LogP contribution is -2.23. The predicted octanol–water partition coefficient (Wildman–Crippen LogP) is 2.08. The lowest BCUT2D eigenvalue weighted by atomic mass is 10.2. The molecule has 0 aromatic carbocycles. The van der Waals surface area contributed by atoms with Gasteiger partial charge in [0.1, 0.15) is 6.61 Å². The van der Waals surface area contributed by atoms with E-state index in [0.717, 1.165) is 13.1 Å². The van der Waals surface area contributed by atoms with Gasteiger partial charge in [0.05, 0.1) is 13.2 Å². The highest BCUT2D eigenvalue weighted by atomic mass is 32.2. The summed E-state index contributed by atoms with van der Waals surface area (Å²) in [6.45, 7) is 4.65. The average Bonchev–Trinajstić information content (AvgIpc) is 2.36. The molecule has 0 fully saturated rings. The second-order valence-corrected chi connectivity index (χ2v) is 5.00. The molecule has 1 N–H and O–H groups in total. The molecule has 0 saturated carbocycles. The molecule has 4 nitrogen and oxygen atoms in total. The Labute approximate surface area is 115 Å². The Hall–Kier alpha value is -0.260. The molecule has 0 aliphatic heterocycles. The zero-order valence-electron chi connectivity index (χ0n) is 11.7. The number of unbranched alkanes of at least 4 members (excludes halogenated alkanes) is 3. The Balaban J connectivity index is 3.01. The van der Waals surface area contributed by atoms with E-state index in [1.54, 1.807) is 6.92 Å². The average molecular weight is 277 g/mol. The van der Waals surface area contributed by atoms with Crippen molar-refractivity contribution >= 4 is 17.7 Å². The van der Waals surface area contributed by atoms with Gasteiger partial charge in [0.15, 0.2) is 0 Å². The maximum absolute atomic E-state index is 10.9. The van der Waals surface area contributed by atoms with E-state index < -0.39 is 0 Å². The lowest BCUT2D eigenvalue weighted by Gasteiger charge is -2.06. The summed E-state index contributed by atoms with van der Waals surface area (Å²) in [5.41, 5.74) is 0. The Morgan fingerprint density at radius 3 is 2.67 bits per heavy atom. The van der Waals surface area contributed by atoms with Crippen molar-refractivity contribution in [2.45, 2.75) is 32.6 Å². The SMILES string of the molecule is CCOC(=O)COCCNCCCCCCSC. The van der Waals surface area contributed by atoms with Crippen LogP contribution in [0.4, 0.5) is 0 Å². The van der Waals surface area contributed by atoms with Gasteiger partial charge in [-0.3, -0.25) is 0 Å². The van der Waals surface area contributed by atoms with Crippen LogP contribution in [0.3, 0.4) is 0 Å². The maximum Gasteiger partial charge on any atom is 0.332 e. The molecular formula is C13H27NO3S. The summed E-state index contributed by atoms with van der Waals surface area (Å²) >= 11 is 1.91. The van der Waals surface area contributed by atoms with E-state index in [2.05, 4.69) is 11.6 Å². The van der Waals surface area contributed by atoms with Crippen molar-refractivity contribution in [3.63, 3.8) is 0 Å². The Morgan fingerprint density at radius 1 is 1.17 bits per heavy atom. The molecule has 0 spiro atoms. The first-order valence-corrected chi connectivity index (χ1v) is 8.13. The van der Waals surface area contributed by atoms with Crippen molar-refractivity contribution in [3.8, 4) is 0 Å². The zero-order chi connectivity index (χ0) is 13.5. The van der Waals surface area contributed by atoms with Gasteiger partial charge in [0.2, 0.25) is 0 Å². The van der Waals surface area contributed by atoms with E-state index in [4.69, 9.17) is 9.47 Å². The molecule has 0 aromatic rings. The number of hydrogen-bond donors (Lipinski definition) is 1. The topological polar surface area (TPSA) is 47.6 Å². The van der Waals surface area contributed by atoms with Gasteiger partial charge in [-0.15, -0.1) is 0 Å². The molecular weight excluding hydrogens is 250 g/mol. The number of rotatable bonds is 13. The van der Waals surface area contributed by atoms with Crippen molar-refractivity contribution in [1.82, 2.24) is 5.32 Å². The fourth-order valence-electron chi connectivity index (χ4n) is 1.48. The highest BCUT2D eigenvalue weighted by Gasteiger charge is 2.00. The number of carbonyl (C=O) groups is 1. The van der Waals surface area contributed by atoms with Crippen LogP contribution in [0.2, 0.25) is 0 Å². The maximum atomic E-state index is 10.9. The predicted molar refractivity (Wildman–Crippen MR) is 77.2 cm³/mol. The molecule has 0 radical (unpaired) electrons. The minimum atomic E-state index is -0.286. The summed E-state index contributed by atoms with van der Waals surface area (Å²) in [6.07, 6.45) is 7.30. The standard InChI is InChI=1S/C13H27NO3S/c1-3-17-13(15)12-16-10-9-14-8-6-4-5-7-11-18-2/h14H,3-12H2,1-2H3. The Kier molecular flexibility index (Phi) is 14.6. The van der Waals surface area contributed by atoms with Gasteiger partial charge in [0, 0.05) is 6.54 Å². The van der Waals surface area contributed by atoms with Crippen LogP contribution < -0.4 is 5.32 Å². The molecule has 0 bridgehead atoms. The van der Waals surface area contributed by atoms with Crippen LogP contribution >= 0.6 is 11.8 Å². The molecule has 0 saturated heterocycles. The molecule has 0 heterocycles. The molecule has 108 valence electrons. The first-order valence-electron chi connectivity index (χ1n) is 6.74. The number of esters is 1. The largest absolute Gasteiger partial charge is 0.464 e. The number of hydrogen-bond acceptors (Lipinski definition) is 5. The first kappa shape index (κ1) is 17.7. The van der Waals surface area contributed by atoms with Crippen LogP contribution in [-0.4, -0.2) is 50.9 Å². The van der Waals surface area contributed by atoms with Crippen molar-refractivity contribution in [2.24, 2.45) is 0 Å². The van der Waals surface area contributed by atoms with Crippen molar-refractivity contribution in [3.05, 3.63) is 0 Å². The molecule has 0 rings (SSSR count). The van der Waals surface area contributed by atoms with Gasteiger partial charge in [0.25, 0.3) is 0 Å². The van der Waals surface area contributed by atoms with Crippen LogP contribution in [0, 0.1) is 0 Å². The fraction of sp³-hybridized carbons (Fsp3) is 0.923. The lowest BCUT2D eigenvalue weighted by molar-refractivity contribution is -0.148. The summed E-state index contributed by atoms with van der Waals surface area (Å²) in [5, 5.41) is 3.30. The van der Waals surface area contributed by atoms with Gasteiger partial charge in [-0.1, -0.05) is 12.8 Å². The van der Waals surface area contributed by atoms with Crippen molar-refractivity contribution in [2.75, 3.05) is 44.9 Å². The van der Waals surface area contributed by atoms with Crippen LogP contribution in [0.5, 0.6) is 0 Å². The highest BCUT2D eigenvalue weighted by Crippen LogP contribution is 2.03. The van der Waals surface area contributed by atoms with E-state index in [9.17, 15) is 4.79 Å². The summed E-state index contributed by atoms with van der Waals surface area (Å²) < 4.78 is 9.92. The molecule has 0 aliphatic carbocycles. The van der Waals surface area contributed by atoms with Crippen LogP contribution in [0.1, 0.15) is 32.6 Å². The van der Waals surface area contributed by atoms with Gasteiger partial charge in [-0.25, -0.2) is 4.79 Å². The molecule has 0 atom stereocenters. The number of thioether (sulfide) groups is 1. The number of nitrogens with one attached hydrogen (secondary N) is 1. The van der Waals surface area contributed by atoms with Crippen LogP contribution in [0.25, 0.3) is 0 Å². The Morgan fingerprint density at radius 2 is 1.94 bits per heavy atom. The minimum absolute atomic E-state index is 0.0597. The second kappa shape index (κ2) is 14.8. The molecule has 18 heavy (non-hydrogen) atoms. The molecule has 0 amide bonds. The van der Waals surface area contributed by atoms with Crippen molar-refractivity contribution < 1.29 is 14.3 Å². The third-order valence-electron chi connectivity index (χ3n) is 2.40. The summed E-state index contributed by atoms with van der Waals surface area (Å²) in [7, 11) is 0. The quantitative estimate of drug-likeness (QED) is 0.412. The normalized spacial score (nSPS) is 10.6. The van der Waals surface area contributed by atoms with Gasteiger partial charge in [-0.2, -0.15) is 11.8 Å². The highest BCUT2D eigenvalue weighted by molar-refractivity contribution is 7.98. The third kappa shape index (κ3) is 13.8. The number of ether oxygens (including phenoxy) is 2. The van der Waals surface area contributed by atoms with Crippen LogP contribution in [0.15, 0.2) is 0 Å². The van der Waals surface area contributed by atoms with E-state index in [0.29, 0.717) is 13.2 Å². The molecule has 0 aliphatic rings. The van der Waals surface area contributed by atoms with E-state index in [1.165, 1.54) is 31.4 Å². The molecule has 0 aromatic heterocycles. The summed E-state index contributed by atoms with van der Waals surface area (Å²) in [5.74, 6) is 0.987. The van der Waals surface area contributed by atoms with E-state index in [1.807, 2.05) is 11.8 Å². The van der Waals surface area contributed by atoms with E-state index >= 15 is 0 Å². The smallest absolute Gasteiger partial charge is 0.332 e. The second-order valence-electron chi connectivity index (χ2n) is 4.01. The fourth-order valence-corrected chi connectivity index (χ4v) is 1.97. The Bertz CT molecular complexity index is 191. The molecule has 5 heteroatoms. The number of carbonyl (C=O) groups excluding carboxylic acids is 1. The molecule has 0 unspecified atom stereocenters. The van der Waals surface area contributed by atoms with Gasteiger partial charge < -0.3 is 14.8 Å². The van der Waals surface area contributed by atoms with E-state index in [-0.39, 0.29) is 12.6 Å². The first-order chi connectivity index (χ1) is 8.81. The summed E-state index contributed by atoms with van der Waals surface area (Å²) in [6, 6.07) is 0. The monoisotopic (exact) mass is 277 g/mol. The summed E-state index contributed by atoms with van der Waals surface area (Å²) in [4.78, 5) is 10.9. The van der Waals surface area contributed by atoms with Gasteiger partial charge >= 0.3 is 5.97 Å². The minimum Gasteiger partial charge on any atom is -0.464 e. The zero-order valence-corrected chi connectivity index (χ0v) is 12.5. The van der Waals surface area contributed by atoms with Crippen molar-refractivity contribution in [1.29, 1.82) is 0 Å². The third-order valence-corrected chi connectivity index (χ3v) is 3.10.